The Hall–Kier alpha value is -1.21. The fraction of sp³-hybridized carbons (Fsp3) is 0.308. The van der Waals surface area contributed by atoms with Crippen LogP contribution in [-0.4, -0.2) is 14.0 Å². The van der Waals surface area contributed by atoms with Gasteiger partial charge in [-0.25, -0.2) is 4.39 Å². The van der Waals surface area contributed by atoms with Crippen molar-refractivity contribution in [1.29, 1.82) is 0 Å². The average Bonchev–Trinajstić information content (AvgIpc) is 2.65. The number of nitrogen functional groups attached to an aromatic ring is 1. The highest BCUT2D eigenvalue weighted by molar-refractivity contribution is 9.10. The van der Waals surface area contributed by atoms with E-state index < -0.39 is 16.6 Å². The molecule has 20 heavy (non-hydrogen) atoms. The van der Waals surface area contributed by atoms with Crippen molar-refractivity contribution in [2.24, 2.45) is 7.05 Å². The van der Waals surface area contributed by atoms with Gasteiger partial charge in [-0.05, 0) is 40.5 Å². The number of hydrogen-bond donors (Lipinski definition) is 1. The number of halogens is 2. The smallest absolute Gasteiger partial charge is 0.126 e. The molecule has 1 aromatic heterocycles. The first kappa shape index (κ1) is 15.2. The van der Waals surface area contributed by atoms with E-state index in [0.717, 1.165) is 22.3 Å². The van der Waals surface area contributed by atoms with Crippen molar-refractivity contribution in [3.05, 3.63) is 39.9 Å². The quantitative estimate of drug-likeness (QED) is 0.853. The topological polar surface area (TPSA) is 60.9 Å². The number of nitrogens with two attached hydrogens (primary N) is 1. The molecule has 0 saturated carbocycles. The minimum absolute atomic E-state index is 0.257. The Morgan fingerprint density at radius 3 is 2.70 bits per heavy atom. The first-order valence-corrected chi connectivity index (χ1v) is 8.18. The van der Waals surface area contributed by atoms with E-state index in [4.69, 9.17) is 5.73 Å². The highest BCUT2D eigenvalue weighted by Crippen LogP contribution is 2.25. The maximum atomic E-state index is 13.3. The molecule has 0 aliphatic carbocycles. The fourth-order valence-corrected chi connectivity index (χ4v) is 4.10. The summed E-state index contributed by atoms with van der Waals surface area (Å²) in [6.07, 6.45) is 0.786. The molecule has 0 bridgehead atoms. The molecule has 108 valence electrons. The molecular weight excluding hydrogens is 345 g/mol. The largest absolute Gasteiger partial charge is 0.399 e. The summed E-state index contributed by atoms with van der Waals surface area (Å²) < 4.78 is 28.2. The minimum Gasteiger partial charge on any atom is -0.399 e. The molecule has 0 saturated heterocycles. The Kier molecular flexibility index (Phi) is 4.59. The third-order valence-corrected chi connectivity index (χ3v) is 5.14. The molecule has 1 heterocycles. The second-order valence-electron chi connectivity index (χ2n) is 4.39. The molecule has 0 aliphatic rings. The van der Waals surface area contributed by atoms with Gasteiger partial charge in [-0.3, -0.25) is 8.89 Å². The van der Waals surface area contributed by atoms with Crippen molar-refractivity contribution in [2.45, 2.75) is 24.0 Å². The summed E-state index contributed by atoms with van der Waals surface area (Å²) in [4.78, 5) is 0.383. The molecule has 0 fully saturated rings. The van der Waals surface area contributed by atoms with Crippen LogP contribution in [0, 0.1) is 5.82 Å². The van der Waals surface area contributed by atoms with E-state index in [1.54, 1.807) is 11.7 Å². The van der Waals surface area contributed by atoms with Gasteiger partial charge in [0.25, 0.3) is 0 Å². The summed E-state index contributed by atoms with van der Waals surface area (Å²) in [7, 11) is 0.427. The zero-order valence-corrected chi connectivity index (χ0v) is 13.6. The van der Waals surface area contributed by atoms with Gasteiger partial charge in [-0.2, -0.15) is 5.10 Å². The number of anilines is 1. The van der Waals surface area contributed by atoms with Crippen molar-refractivity contribution in [3.63, 3.8) is 0 Å². The first-order valence-electron chi connectivity index (χ1n) is 6.07. The Morgan fingerprint density at radius 2 is 2.15 bits per heavy atom. The lowest BCUT2D eigenvalue weighted by Gasteiger charge is -2.05. The summed E-state index contributed by atoms with van der Waals surface area (Å²) in [5.41, 5.74) is 7.58. The van der Waals surface area contributed by atoms with Crippen molar-refractivity contribution in [1.82, 2.24) is 9.78 Å². The summed E-state index contributed by atoms with van der Waals surface area (Å²) in [6.45, 7) is 2.00. The number of aryl methyl sites for hydroxylation is 2. The van der Waals surface area contributed by atoms with Crippen LogP contribution in [0.2, 0.25) is 0 Å². The molecule has 1 unspecified atom stereocenters. The van der Waals surface area contributed by atoms with Gasteiger partial charge in [0.05, 0.1) is 32.4 Å². The third kappa shape index (κ3) is 3.09. The van der Waals surface area contributed by atoms with Crippen LogP contribution in [0.4, 0.5) is 10.1 Å². The molecule has 2 aromatic rings. The van der Waals surface area contributed by atoms with Crippen LogP contribution < -0.4 is 5.73 Å². The first-order chi connectivity index (χ1) is 9.42. The number of benzene rings is 1. The molecule has 0 aliphatic heterocycles. The van der Waals surface area contributed by atoms with Crippen molar-refractivity contribution < 1.29 is 8.60 Å². The second kappa shape index (κ2) is 6.05. The highest BCUT2D eigenvalue weighted by atomic mass is 79.9. The van der Waals surface area contributed by atoms with Crippen LogP contribution in [0.1, 0.15) is 18.3 Å². The predicted octanol–water partition coefficient (Wildman–Crippen LogP) is 2.77. The van der Waals surface area contributed by atoms with Crippen molar-refractivity contribution >= 4 is 32.4 Å². The molecule has 7 heteroatoms. The lowest BCUT2D eigenvalue weighted by atomic mass is 10.3. The second-order valence-corrected chi connectivity index (χ2v) is 6.64. The fourth-order valence-electron chi connectivity index (χ4n) is 1.90. The van der Waals surface area contributed by atoms with Gasteiger partial charge < -0.3 is 5.73 Å². The molecular formula is C13H15BrFN3OS. The van der Waals surface area contributed by atoms with Gasteiger partial charge >= 0.3 is 0 Å². The zero-order valence-electron chi connectivity index (χ0n) is 11.2. The van der Waals surface area contributed by atoms with E-state index in [1.165, 1.54) is 18.2 Å². The van der Waals surface area contributed by atoms with Gasteiger partial charge in [0.2, 0.25) is 0 Å². The van der Waals surface area contributed by atoms with E-state index in [9.17, 15) is 8.60 Å². The van der Waals surface area contributed by atoms with E-state index in [1.807, 2.05) is 6.92 Å². The molecule has 0 amide bonds. The van der Waals surface area contributed by atoms with E-state index >= 15 is 0 Å². The van der Waals surface area contributed by atoms with Crippen LogP contribution in [0.3, 0.4) is 0 Å². The van der Waals surface area contributed by atoms with Gasteiger partial charge in [0, 0.05) is 17.6 Å². The Balaban J connectivity index is 2.30. The van der Waals surface area contributed by atoms with E-state index in [-0.39, 0.29) is 11.4 Å². The van der Waals surface area contributed by atoms with Gasteiger partial charge in [0.15, 0.2) is 0 Å². The molecule has 4 nitrogen and oxygen atoms in total. The Bertz CT molecular complexity index is 652. The molecule has 1 atom stereocenters. The van der Waals surface area contributed by atoms with Crippen LogP contribution in [0.15, 0.2) is 27.6 Å². The standard InChI is InChI=1S/C13H15BrFN3OS/c1-3-11-13(14)12(18(2)17-11)7-20(19)10-5-8(15)4-9(16)6-10/h4-6H,3,7,16H2,1-2H3. The summed E-state index contributed by atoms with van der Waals surface area (Å²) >= 11 is 3.48. The molecule has 0 radical (unpaired) electrons. The van der Waals surface area contributed by atoms with Crippen LogP contribution in [0.25, 0.3) is 0 Å². The van der Waals surface area contributed by atoms with Crippen LogP contribution in [-0.2, 0) is 30.0 Å². The predicted molar refractivity (Wildman–Crippen MR) is 81.2 cm³/mol. The third-order valence-electron chi connectivity index (χ3n) is 2.93. The summed E-state index contributed by atoms with van der Waals surface area (Å²) in [5, 5.41) is 4.35. The normalized spacial score (nSPS) is 12.6. The summed E-state index contributed by atoms with van der Waals surface area (Å²) in [6, 6.07) is 3.98. The van der Waals surface area contributed by atoms with Crippen molar-refractivity contribution in [3.8, 4) is 0 Å². The number of rotatable bonds is 4. The molecule has 1 aromatic carbocycles. The molecule has 2 rings (SSSR count). The number of nitrogens with zero attached hydrogens (tertiary/aromatic N) is 2. The lowest BCUT2D eigenvalue weighted by Crippen LogP contribution is -2.04. The molecule has 0 spiro atoms. The average molecular weight is 360 g/mol. The highest BCUT2D eigenvalue weighted by Gasteiger charge is 2.16. The van der Waals surface area contributed by atoms with E-state index in [0.29, 0.717) is 4.90 Å². The summed E-state index contributed by atoms with van der Waals surface area (Å²) in [5.74, 6) is -0.223. The number of aromatic nitrogens is 2. The van der Waals surface area contributed by atoms with Crippen molar-refractivity contribution in [2.75, 3.05) is 5.73 Å². The Labute approximate surface area is 127 Å². The van der Waals surface area contributed by atoms with Crippen LogP contribution >= 0.6 is 15.9 Å². The SMILES string of the molecule is CCc1nn(C)c(CS(=O)c2cc(N)cc(F)c2)c1Br. The number of hydrogen-bond acceptors (Lipinski definition) is 3. The zero-order chi connectivity index (χ0) is 14.9. The lowest BCUT2D eigenvalue weighted by molar-refractivity contribution is 0.623. The maximum Gasteiger partial charge on any atom is 0.126 e. The molecule has 2 N–H and O–H groups in total. The van der Waals surface area contributed by atoms with Crippen LogP contribution in [0.5, 0.6) is 0 Å². The van der Waals surface area contributed by atoms with E-state index in [2.05, 4.69) is 21.0 Å². The maximum absolute atomic E-state index is 13.3. The monoisotopic (exact) mass is 359 g/mol. The van der Waals surface area contributed by atoms with Gasteiger partial charge in [-0.15, -0.1) is 0 Å². The van der Waals surface area contributed by atoms with Gasteiger partial charge in [-0.1, -0.05) is 6.92 Å². The minimum atomic E-state index is -1.37. The Morgan fingerprint density at radius 1 is 1.45 bits per heavy atom. The van der Waals surface area contributed by atoms with Gasteiger partial charge in [0.1, 0.15) is 5.82 Å².